The summed E-state index contributed by atoms with van der Waals surface area (Å²) in [6.45, 7) is 6.17. The molecule has 4 aliphatic rings. The van der Waals surface area contributed by atoms with Gasteiger partial charge in [-0.05, 0) is 86.0 Å². The number of hydrogen-bond donors (Lipinski definition) is 1. The molecular weight excluding hydrogens is 328 g/mol. The van der Waals surface area contributed by atoms with Crippen molar-refractivity contribution in [1.29, 1.82) is 0 Å². The highest BCUT2D eigenvalue weighted by Gasteiger charge is 2.60. The molecule has 0 aromatic heterocycles. The molecule has 0 aliphatic heterocycles. The van der Waals surface area contributed by atoms with Crippen LogP contribution in [0.15, 0.2) is 11.6 Å². The zero-order valence-electron chi connectivity index (χ0n) is 16.3. The molecule has 4 heteroatoms. The van der Waals surface area contributed by atoms with Crippen LogP contribution in [0.4, 0.5) is 0 Å². The van der Waals surface area contributed by atoms with E-state index in [2.05, 4.69) is 19.9 Å². The lowest BCUT2D eigenvalue weighted by molar-refractivity contribution is -0.150. The Balaban J connectivity index is 1.59. The van der Waals surface area contributed by atoms with Crippen molar-refractivity contribution in [3.05, 3.63) is 11.6 Å². The van der Waals surface area contributed by atoms with Crippen LogP contribution in [-0.4, -0.2) is 23.1 Å². The van der Waals surface area contributed by atoms with Crippen molar-refractivity contribution < 1.29 is 19.4 Å². The fourth-order valence-electron chi connectivity index (χ4n) is 7.41. The van der Waals surface area contributed by atoms with E-state index in [1.54, 1.807) is 0 Å². The second-order valence-electron chi connectivity index (χ2n) is 9.72. The van der Waals surface area contributed by atoms with Crippen molar-refractivity contribution in [3.8, 4) is 0 Å². The normalized spacial score (nSPS) is 47.2. The number of ether oxygens (including phenoxy) is 1. The van der Waals surface area contributed by atoms with E-state index in [4.69, 9.17) is 4.74 Å². The molecule has 0 aromatic rings. The van der Waals surface area contributed by atoms with Crippen LogP contribution >= 0.6 is 0 Å². The second-order valence-corrected chi connectivity index (χ2v) is 9.72. The molecule has 0 aromatic carbocycles. The summed E-state index contributed by atoms with van der Waals surface area (Å²) >= 11 is 0. The van der Waals surface area contributed by atoms with Gasteiger partial charge in [0, 0.05) is 6.92 Å². The van der Waals surface area contributed by atoms with Crippen molar-refractivity contribution in [1.82, 2.24) is 0 Å². The van der Waals surface area contributed by atoms with E-state index in [0.717, 1.165) is 44.9 Å². The van der Waals surface area contributed by atoms with Gasteiger partial charge in [0.1, 0.15) is 6.10 Å². The monoisotopic (exact) mass is 360 g/mol. The van der Waals surface area contributed by atoms with Crippen molar-refractivity contribution in [2.45, 2.75) is 78.2 Å². The largest absolute Gasteiger partial charge is 0.481 e. The number of carbonyl (C=O) groups is 2. The fraction of sp³-hybridized carbons (Fsp3) is 0.818. The summed E-state index contributed by atoms with van der Waals surface area (Å²) in [6.07, 6.45) is 10.6. The summed E-state index contributed by atoms with van der Waals surface area (Å²) in [6, 6.07) is 0. The van der Waals surface area contributed by atoms with Gasteiger partial charge in [-0.25, -0.2) is 0 Å². The third-order valence-electron chi connectivity index (χ3n) is 8.69. The molecular formula is C22H32O4. The van der Waals surface area contributed by atoms with Crippen LogP contribution in [0.2, 0.25) is 0 Å². The molecule has 0 unspecified atom stereocenters. The summed E-state index contributed by atoms with van der Waals surface area (Å²) in [5.74, 6) is 0.947. The Bertz CT molecular complexity index is 653. The summed E-state index contributed by atoms with van der Waals surface area (Å²) in [5.41, 5.74) is 1.69. The van der Waals surface area contributed by atoms with E-state index in [9.17, 15) is 14.7 Å². The Labute approximate surface area is 156 Å². The topological polar surface area (TPSA) is 63.6 Å². The molecule has 144 valence electrons. The molecule has 7 atom stereocenters. The number of carbonyl (C=O) groups excluding carboxylic acids is 1. The van der Waals surface area contributed by atoms with E-state index >= 15 is 0 Å². The minimum absolute atomic E-state index is 0.0144. The maximum absolute atomic E-state index is 11.8. The van der Waals surface area contributed by atoms with Crippen molar-refractivity contribution in [2.24, 2.45) is 34.5 Å². The van der Waals surface area contributed by atoms with Crippen LogP contribution in [-0.2, 0) is 14.3 Å². The highest BCUT2D eigenvalue weighted by Crippen LogP contribution is 2.66. The average Bonchev–Trinajstić information content (AvgIpc) is 2.92. The number of rotatable bonds is 2. The maximum atomic E-state index is 11.8. The smallest absolute Gasteiger partial charge is 0.307 e. The molecule has 0 radical (unpaired) electrons. The number of allylic oxidation sites excluding steroid dienone is 1. The zero-order valence-corrected chi connectivity index (χ0v) is 16.3. The summed E-state index contributed by atoms with van der Waals surface area (Å²) in [5, 5.41) is 9.70. The predicted molar refractivity (Wildman–Crippen MR) is 98.4 cm³/mol. The first-order valence-electron chi connectivity index (χ1n) is 10.4. The van der Waals surface area contributed by atoms with Gasteiger partial charge in [0.25, 0.3) is 0 Å². The summed E-state index contributed by atoms with van der Waals surface area (Å²) < 4.78 is 5.47. The lowest BCUT2D eigenvalue weighted by Gasteiger charge is -2.58. The van der Waals surface area contributed by atoms with Gasteiger partial charge in [-0.2, -0.15) is 0 Å². The summed E-state index contributed by atoms with van der Waals surface area (Å²) in [7, 11) is 0. The molecule has 0 spiro atoms. The molecule has 0 amide bonds. The third-order valence-corrected chi connectivity index (χ3v) is 8.69. The second kappa shape index (κ2) is 6.10. The number of carboxylic acids is 1. The average molecular weight is 360 g/mol. The van der Waals surface area contributed by atoms with Crippen LogP contribution in [0.5, 0.6) is 0 Å². The van der Waals surface area contributed by atoms with Gasteiger partial charge in [-0.15, -0.1) is 0 Å². The predicted octanol–water partition coefficient (Wildman–Crippen LogP) is 4.58. The molecule has 4 aliphatic carbocycles. The highest BCUT2D eigenvalue weighted by molar-refractivity contribution is 5.71. The van der Waals surface area contributed by atoms with Gasteiger partial charge in [0.2, 0.25) is 0 Å². The quantitative estimate of drug-likeness (QED) is 0.578. The van der Waals surface area contributed by atoms with E-state index in [1.807, 2.05) is 0 Å². The van der Waals surface area contributed by atoms with Crippen molar-refractivity contribution in [3.63, 3.8) is 0 Å². The minimum atomic E-state index is -0.585. The van der Waals surface area contributed by atoms with Crippen LogP contribution < -0.4 is 0 Å². The number of hydrogen-bond acceptors (Lipinski definition) is 3. The Kier molecular flexibility index (Phi) is 4.24. The molecule has 0 bridgehead atoms. The van der Waals surface area contributed by atoms with Crippen LogP contribution in [0.25, 0.3) is 0 Å². The SMILES string of the molecule is CC(=O)O[C@@H]1C=C2CC[C@H]3[C@@H]4CC[C@H](C(=O)O)[C@@]4(C)CC[C@@H]3[C@@]2(C)CC1. The third kappa shape index (κ3) is 2.55. The molecule has 3 fully saturated rings. The van der Waals surface area contributed by atoms with Crippen LogP contribution in [0, 0.1) is 34.5 Å². The van der Waals surface area contributed by atoms with Gasteiger partial charge < -0.3 is 9.84 Å². The Morgan fingerprint density at radius 1 is 1.08 bits per heavy atom. The minimum Gasteiger partial charge on any atom is -0.481 e. The molecule has 4 rings (SSSR count). The maximum Gasteiger partial charge on any atom is 0.307 e. The number of fused-ring (bicyclic) bond motifs is 5. The number of esters is 1. The number of carboxylic acid groups (broad SMARTS) is 1. The Morgan fingerprint density at radius 2 is 1.85 bits per heavy atom. The van der Waals surface area contributed by atoms with Gasteiger partial charge in [0.15, 0.2) is 0 Å². The lowest BCUT2D eigenvalue weighted by Crippen LogP contribution is -2.51. The first-order chi connectivity index (χ1) is 12.3. The van der Waals surface area contributed by atoms with Crippen LogP contribution in [0.1, 0.15) is 72.1 Å². The Morgan fingerprint density at radius 3 is 2.54 bits per heavy atom. The van der Waals surface area contributed by atoms with E-state index < -0.39 is 5.97 Å². The Hall–Kier alpha value is -1.32. The van der Waals surface area contributed by atoms with E-state index in [0.29, 0.717) is 17.8 Å². The van der Waals surface area contributed by atoms with Crippen molar-refractivity contribution >= 4 is 11.9 Å². The first-order valence-corrected chi connectivity index (χ1v) is 10.4. The van der Waals surface area contributed by atoms with Gasteiger partial charge in [-0.3, -0.25) is 9.59 Å². The van der Waals surface area contributed by atoms with Gasteiger partial charge in [-0.1, -0.05) is 19.4 Å². The first kappa shape index (κ1) is 18.1. The summed E-state index contributed by atoms with van der Waals surface area (Å²) in [4.78, 5) is 23.1. The molecule has 3 saturated carbocycles. The van der Waals surface area contributed by atoms with E-state index in [1.165, 1.54) is 18.9 Å². The molecule has 26 heavy (non-hydrogen) atoms. The van der Waals surface area contributed by atoms with Gasteiger partial charge >= 0.3 is 11.9 Å². The van der Waals surface area contributed by atoms with E-state index in [-0.39, 0.29) is 28.8 Å². The number of aliphatic carboxylic acids is 1. The van der Waals surface area contributed by atoms with Gasteiger partial charge in [0.05, 0.1) is 5.92 Å². The molecule has 0 heterocycles. The zero-order chi connectivity index (χ0) is 18.7. The van der Waals surface area contributed by atoms with Crippen molar-refractivity contribution in [2.75, 3.05) is 0 Å². The molecule has 1 N–H and O–H groups in total. The van der Waals surface area contributed by atoms with Crippen LogP contribution in [0.3, 0.4) is 0 Å². The fourth-order valence-corrected chi connectivity index (χ4v) is 7.41. The molecule has 4 nitrogen and oxygen atoms in total. The lowest BCUT2D eigenvalue weighted by atomic mass is 9.47. The highest BCUT2D eigenvalue weighted by atomic mass is 16.5. The standard InChI is InChI=1S/C22H32O4/c1-13(23)26-15-8-10-21(2)14(12-15)4-5-16-17-6-7-19(20(24)25)22(17,3)11-9-18(16)21/h12,15-19H,4-11H2,1-3H3,(H,24,25)/t15-,16-,17-,18-,19+,21-,22-/m0/s1. The molecule has 0 saturated heterocycles.